The van der Waals surface area contributed by atoms with Crippen molar-refractivity contribution >= 4 is 18.3 Å². The van der Waals surface area contributed by atoms with Crippen LogP contribution in [0.5, 0.6) is 11.5 Å². The summed E-state index contributed by atoms with van der Waals surface area (Å²) in [7, 11) is 1.57. The smallest absolute Gasteiger partial charge is 0.496 e. The molecule has 1 aliphatic rings. The van der Waals surface area contributed by atoms with Gasteiger partial charge in [-0.25, -0.2) is 0 Å². The Hall–Kier alpha value is -2.45. The maximum Gasteiger partial charge on any atom is 0.573 e. The molecule has 0 aliphatic carbocycles. The quantitative estimate of drug-likeness (QED) is 0.823. The van der Waals surface area contributed by atoms with Crippen LogP contribution in [0.15, 0.2) is 48.5 Å². The zero-order chi connectivity index (χ0) is 19.4. The first-order valence-electron chi connectivity index (χ1n) is 8.39. The van der Waals surface area contributed by atoms with Gasteiger partial charge < -0.3 is 19.7 Å². The van der Waals surface area contributed by atoms with Gasteiger partial charge in [0.1, 0.15) is 11.5 Å². The van der Waals surface area contributed by atoms with Crippen molar-refractivity contribution in [2.75, 3.05) is 26.7 Å². The predicted molar refractivity (Wildman–Crippen MR) is 100 cm³/mol. The minimum atomic E-state index is -4.76. The molecule has 0 aromatic heterocycles. The molecule has 0 spiro atoms. The van der Waals surface area contributed by atoms with Gasteiger partial charge >= 0.3 is 6.36 Å². The molecule has 0 saturated carbocycles. The highest BCUT2D eigenvalue weighted by Gasteiger charge is 2.32. The van der Waals surface area contributed by atoms with E-state index in [4.69, 9.17) is 4.74 Å². The van der Waals surface area contributed by atoms with Crippen LogP contribution < -0.4 is 14.8 Å². The number of nitrogens with zero attached hydrogens (tertiary/aromatic N) is 1. The van der Waals surface area contributed by atoms with Crippen molar-refractivity contribution in [2.24, 2.45) is 0 Å². The van der Waals surface area contributed by atoms with Gasteiger partial charge in [0, 0.05) is 30.8 Å². The second-order valence-corrected chi connectivity index (χ2v) is 6.03. The van der Waals surface area contributed by atoms with Gasteiger partial charge in [-0.3, -0.25) is 4.79 Å². The van der Waals surface area contributed by atoms with E-state index in [0.717, 1.165) is 17.7 Å². The van der Waals surface area contributed by atoms with Crippen molar-refractivity contribution < 1.29 is 27.4 Å². The molecule has 2 aromatic carbocycles. The standard InChI is InChI=1S/C19H19F3N2O3.ClH/c1-26-17-5-3-2-4-15(17)16-12-23-10-11-24(16)18(25)13-6-8-14(9-7-13)27-19(20,21)22;/h2-9,16,23H,10-12H2,1H3;1H. The van der Waals surface area contributed by atoms with E-state index >= 15 is 0 Å². The predicted octanol–water partition coefficient (Wildman–Crippen LogP) is 3.80. The summed E-state index contributed by atoms with van der Waals surface area (Å²) in [5, 5.41) is 3.26. The molecule has 3 rings (SSSR count). The number of halogens is 4. The van der Waals surface area contributed by atoms with Crippen LogP contribution in [0.2, 0.25) is 0 Å². The van der Waals surface area contributed by atoms with E-state index in [1.54, 1.807) is 12.0 Å². The highest BCUT2D eigenvalue weighted by atomic mass is 35.5. The Morgan fingerprint density at radius 2 is 1.82 bits per heavy atom. The summed E-state index contributed by atoms with van der Waals surface area (Å²) in [6.45, 7) is 1.66. The largest absolute Gasteiger partial charge is 0.573 e. The SMILES string of the molecule is COc1ccccc1C1CNCCN1C(=O)c1ccc(OC(F)(F)F)cc1.Cl. The first-order chi connectivity index (χ1) is 12.9. The van der Waals surface area contributed by atoms with E-state index in [1.807, 2.05) is 24.3 Å². The maximum absolute atomic E-state index is 13.0. The van der Waals surface area contributed by atoms with E-state index < -0.39 is 6.36 Å². The summed E-state index contributed by atoms with van der Waals surface area (Å²) in [6.07, 6.45) is -4.76. The zero-order valence-corrected chi connectivity index (χ0v) is 15.8. The number of hydrogen-bond donors (Lipinski definition) is 1. The number of para-hydroxylation sites is 1. The van der Waals surface area contributed by atoms with Gasteiger partial charge in [0.25, 0.3) is 5.91 Å². The molecule has 1 amide bonds. The van der Waals surface area contributed by atoms with Crippen LogP contribution in [-0.2, 0) is 0 Å². The number of amides is 1. The van der Waals surface area contributed by atoms with E-state index in [0.29, 0.717) is 30.9 Å². The summed E-state index contributed by atoms with van der Waals surface area (Å²) in [5.41, 5.74) is 1.17. The van der Waals surface area contributed by atoms with Crippen LogP contribution in [-0.4, -0.2) is 43.9 Å². The van der Waals surface area contributed by atoms with Crippen LogP contribution >= 0.6 is 12.4 Å². The lowest BCUT2D eigenvalue weighted by atomic mass is 10.0. The molecule has 2 aromatic rings. The van der Waals surface area contributed by atoms with Crippen LogP contribution in [0, 0.1) is 0 Å². The second-order valence-electron chi connectivity index (χ2n) is 6.03. The molecular formula is C19H20ClF3N2O3. The van der Waals surface area contributed by atoms with Crippen molar-refractivity contribution in [3.63, 3.8) is 0 Å². The number of carbonyl (C=O) groups is 1. The van der Waals surface area contributed by atoms with Crippen molar-refractivity contribution in [3.05, 3.63) is 59.7 Å². The van der Waals surface area contributed by atoms with Crippen LogP contribution in [0.3, 0.4) is 0 Å². The fourth-order valence-corrected chi connectivity index (χ4v) is 3.13. The summed E-state index contributed by atoms with van der Waals surface area (Å²) >= 11 is 0. The number of carbonyl (C=O) groups excluding carboxylic acids is 1. The molecule has 1 unspecified atom stereocenters. The van der Waals surface area contributed by atoms with Gasteiger partial charge in [-0.2, -0.15) is 0 Å². The normalized spacial score (nSPS) is 16.9. The third kappa shape index (κ3) is 5.08. The molecule has 1 fully saturated rings. The molecule has 9 heteroatoms. The van der Waals surface area contributed by atoms with E-state index in [-0.39, 0.29) is 30.1 Å². The first-order valence-corrected chi connectivity index (χ1v) is 8.39. The lowest BCUT2D eigenvalue weighted by Gasteiger charge is -2.37. The van der Waals surface area contributed by atoms with Gasteiger partial charge in [0.15, 0.2) is 0 Å². The summed E-state index contributed by atoms with van der Waals surface area (Å²) < 4.78 is 46.1. The molecule has 1 saturated heterocycles. The van der Waals surface area contributed by atoms with Gasteiger partial charge in [0.2, 0.25) is 0 Å². The summed E-state index contributed by atoms with van der Waals surface area (Å²) in [5.74, 6) is 0.0597. The van der Waals surface area contributed by atoms with Crippen LogP contribution in [0.1, 0.15) is 22.0 Å². The fourth-order valence-electron chi connectivity index (χ4n) is 3.13. The molecule has 0 bridgehead atoms. The minimum Gasteiger partial charge on any atom is -0.496 e. The Morgan fingerprint density at radius 1 is 1.14 bits per heavy atom. The molecule has 0 radical (unpaired) electrons. The maximum atomic E-state index is 13.0. The lowest BCUT2D eigenvalue weighted by Crippen LogP contribution is -2.48. The number of nitrogens with one attached hydrogen (secondary N) is 1. The zero-order valence-electron chi connectivity index (χ0n) is 15.0. The van der Waals surface area contributed by atoms with Crippen molar-refractivity contribution in [2.45, 2.75) is 12.4 Å². The topological polar surface area (TPSA) is 50.8 Å². The number of methoxy groups -OCH3 is 1. The summed E-state index contributed by atoms with van der Waals surface area (Å²) in [4.78, 5) is 14.7. The molecule has 28 heavy (non-hydrogen) atoms. The second kappa shape index (κ2) is 9.16. The van der Waals surface area contributed by atoms with Gasteiger partial charge in [-0.1, -0.05) is 18.2 Å². The average Bonchev–Trinajstić information content (AvgIpc) is 2.67. The molecule has 1 atom stereocenters. The number of piperazine rings is 1. The van der Waals surface area contributed by atoms with Gasteiger partial charge in [-0.15, -0.1) is 25.6 Å². The number of benzene rings is 2. The fraction of sp³-hybridized carbons (Fsp3) is 0.316. The number of alkyl halides is 3. The molecule has 1 heterocycles. The third-order valence-corrected chi connectivity index (χ3v) is 4.34. The number of hydrogen-bond acceptors (Lipinski definition) is 4. The monoisotopic (exact) mass is 416 g/mol. The van der Waals surface area contributed by atoms with Crippen molar-refractivity contribution in [1.29, 1.82) is 0 Å². The lowest BCUT2D eigenvalue weighted by molar-refractivity contribution is -0.274. The third-order valence-electron chi connectivity index (χ3n) is 4.34. The van der Waals surface area contributed by atoms with Crippen LogP contribution in [0.25, 0.3) is 0 Å². The Kier molecular flexibility index (Phi) is 7.15. The Labute approximate surface area is 166 Å². The van der Waals surface area contributed by atoms with Crippen molar-refractivity contribution in [3.8, 4) is 11.5 Å². The molecule has 5 nitrogen and oxygen atoms in total. The van der Waals surface area contributed by atoms with E-state index in [1.165, 1.54) is 12.1 Å². The van der Waals surface area contributed by atoms with Gasteiger partial charge in [0.05, 0.1) is 13.2 Å². The van der Waals surface area contributed by atoms with Crippen LogP contribution in [0.4, 0.5) is 13.2 Å². The first kappa shape index (κ1) is 21.8. The number of ether oxygens (including phenoxy) is 2. The Bertz CT molecular complexity index is 800. The highest BCUT2D eigenvalue weighted by Crippen LogP contribution is 2.31. The Balaban J connectivity index is 0.00000280. The Morgan fingerprint density at radius 3 is 2.46 bits per heavy atom. The van der Waals surface area contributed by atoms with Crippen molar-refractivity contribution in [1.82, 2.24) is 10.2 Å². The number of rotatable bonds is 4. The van der Waals surface area contributed by atoms with E-state index in [2.05, 4.69) is 10.1 Å². The average molecular weight is 417 g/mol. The highest BCUT2D eigenvalue weighted by molar-refractivity contribution is 5.94. The molecule has 1 aliphatic heterocycles. The van der Waals surface area contributed by atoms with Gasteiger partial charge in [-0.05, 0) is 30.3 Å². The molecule has 1 N–H and O–H groups in total. The molecule has 152 valence electrons. The van der Waals surface area contributed by atoms with E-state index in [9.17, 15) is 18.0 Å². The molecular weight excluding hydrogens is 397 g/mol. The summed E-state index contributed by atoms with van der Waals surface area (Å²) in [6, 6.07) is 12.2. The minimum absolute atomic E-state index is 0.